The molecule has 0 aromatic carbocycles. The fourth-order valence-electron chi connectivity index (χ4n) is 2.86. The van der Waals surface area contributed by atoms with Crippen molar-refractivity contribution in [2.45, 2.75) is 18.9 Å². The average Bonchev–Trinajstić information content (AvgIpc) is 2.62. The van der Waals surface area contributed by atoms with E-state index >= 15 is 0 Å². The zero-order chi connectivity index (χ0) is 16.2. The van der Waals surface area contributed by atoms with Gasteiger partial charge < -0.3 is 14.5 Å². The predicted molar refractivity (Wildman–Crippen MR) is 94.2 cm³/mol. The molecule has 1 saturated heterocycles. The molecule has 0 radical (unpaired) electrons. The maximum absolute atomic E-state index is 5.19. The van der Waals surface area contributed by atoms with E-state index in [-0.39, 0.29) is 0 Å². The predicted octanol–water partition coefficient (Wildman–Crippen LogP) is 2.75. The van der Waals surface area contributed by atoms with Crippen LogP contribution < -0.4 is 14.5 Å². The van der Waals surface area contributed by atoms with Gasteiger partial charge in [0, 0.05) is 42.9 Å². The topological polar surface area (TPSA) is 54.4 Å². The van der Waals surface area contributed by atoms with Crippen LogP contribution in [0.4, 0.5) is 11.6 Å². The summed E-state index contributed by atoms with van der Waals surface area (Å²) in [6.07, 6.45) is 5.66. The summed E-state index contributed by atoms with van der Waals surface area (Å²) >= 11 is 3.43. The van der Waals surface area contributed by atoms with Gasteiger partial charge in [-0.15, -0.1) is 0 Å². The molecule has 0 aliphatic carbocycles. The Kier molecular flexibility index (Phi) is 4.95. The van der Waals surface area contributed by atoms with Crippen molar-refractivity contribution in [1.82, 2.24) is 15.0 Å². The SMILES string of the molecule is COc1cc(N(C)C2CCCN(c3ccc(Br)cn3)C2)ncn1. The van der Waals surface area contributed by atoms with Crippen LogP contribution in [0.25, 0.3) is 0 Å². The summed E-state index contributed by atoms with van der Waals surface area (Å²) in [5.41, 5.74) is 0. The third-order valence-electron chi connectivity index (χ3n) is 4.18. The second-order valence-corrected chi connectivity index (χ2v) is 6.52. The van der Waals surface area contributed by atoms with Crippen LogP contribution in [-0.2, 0) is 0 Å². The van der Waals surface area contributed by atoms with E-state index in [2.05, 4.69) is 53.8 Å². The third-order valence-corrected chi connectivity index (χ3v) is 4.65. The minimum absolute atomic E-state index is 0.383. The first-order valence-electron chi connectivity index (χ1n) is 7.63. The normalized spacial score (nSPS) is 17.9. The monoisotopic (exact) mass is 377 g/mol. The molecule has 3 heterocycles. The molecule has 1 unspecified atom stereocenters. The molecule has 0 spiro atoms. The van der Waals surface area contributed by atoms with Crippen LogP contribution in [0.1, 0.15) is 12.8 Å². The molecule has 1 fully saturated rings. The van der Waals surface area contributed by atoms with Crippen molar-refractivity contribution in [3.05, 3.63) is 35.2 Å². The van der Waals surface area contributed by atoms with Crippen LogP contribution in [0.2, 0.25) is 0 Å². The van der Waals surface area contributed by atoms with Gasteiger partial charge in [0.15, 0.2) is 0 Å². The molecule has 0 N–H and O–H groups in total. The molecule has 2 aromatic heterocycles. The summed E-state index contributed by atoms with van der Waals surface area (Å²) in [7, 11) is 3.69. The Hall–Kier alpha value is -1.89. The Balaban J connectivity index is 1.73. The minimum atomic E-state index is 0.383. The quantitative estimate of drug-likeness (QED) is 0.816. The number of pyridine rings is 1. The number of hydrogen-bond acceptors (Lipinski definition) is 6. The Labute approximate surface area is 144 Å². The highest BCUT2D eigenvalue weighted by molar-refractivity contribution is 9.10. The number of aromatic nitrogens is 3. The molecule has 6 nitrogen and oxygen atoms in total. The summed E-state index contributed by atoms with van der Waals surface area (Å²) in [5.74, 6) is 2.49. The summed E-state index contributed by atoms with van der Waals surface area (Å²) in [6, 6.07) is 6.34. The second-order valence-electron chi connectivity index (χ2n) is 5.61. The van der Waals surface area contributed by atoms with Crippen LogP contribution in [0, 0.1) is 0 Å². The maximum atomic E-state index is 5.19. The molecule has 3 rings (SSSR count). The first kappa shape index (κ1) is 16.0. The fraction of sp³-hybridized carbons (Fsp3) is 0.438. The molecule has 1 aliphatic heterocycles. The van der Waals surface area contributed by atoms with Gasteiger partial charge in [-0.1, -0.05) is 0 Å². The zero-order valence-electron chi connectivity index (χ0n) is 13.3. The molecule has 0 amide bonds. The van der Waals surface area contributed by atoms with Gasteiger partial charge in [-0.2, -0.15) is 0 Å². The van der Waals surface area contributed by atoms with Crippen LogP contribution in [-0.4, -0.2) is 48.2 Å². The third kappa shape index (κ3) is 3.72. The van der Waals surface area contributed by atoms with Crippen molar-refractivity contribution in [1.29, 1.82) is 0 Å². The smallest absolute Gasteiger partial charge is 0.218 e. The lowest BCUT2D eigenvalue weighted by Crippen LogP contribution is -2.47. The lowest BCUT2D eigenvalue weighted by Gasteiger charge is -2.38. The van der Waals surface area contributed by atoms with Gasteiger partial charge in [0.25, 0.3) is 0 Å². The molecule has 122 valence electrons. The summed E-state index contributed by atoms with van der Waals surface area (Å²) in [5, 5.41) is 0. The van der Waals surface area contributed by atoms with E-state index in [4.69, 9.17) is 4.74 Å². The van der Waals surface area contributed by atoms with Gasteiger partial charge in [0.1, 0.15) is 18.0 Å². The first-order chi connectivity index (χ1) is 11.2. The first-order valence-corrected chi connectivity index (χ1v) is 8.42. The van der Waals surface area contributed by atoms with Gasteiger partial charge in [-0.25, -0.2) is 15.0 Å². The molecular weight excluding hydrogens is 358 g/mol. The Morgan fingerprint density at radius 1 is 1.30 bits per heavy atom. The number of ether oxygens (including phenoxy) is 1. The van der Waals surface area contributed by atoms with Gasteiger partial charge in [-0.3, -0.25) is 0 Å². The van der Waals surface area contributed by atoms with Crippen molar-refractivity contribution >= 4 is 27.6 Å². The molecular formula is C16H20BrN5O. The zero-order valence-corrected chi connectivity index (χ0v) is 14.9. The number of rotatable bonds is 4. The van der Waals surface area contributed by atoms with E-state index in [1.165, 1.54) is 0 Å². The maximum Gasteiger partial charge on any atom is 0.218 e. The van der Waals surface area contributed by atoms with Gasteiger partial charge in [0.2, 0.25) is 5.88 Å². The number of nitrogens with zero attached hydrogens (tertiary/aromatic N) is 5. The standard InChI is InChI=1S/C16H20BrN5O/c1-21(15-8-16(23-2)20-11-19-15)13-4-3-7-22(10-13)14-6-5-12(17)9-18-14/h5-6,8-9,11,13H,3-4,7,10H2,1-2H3. The lowest BCUT2D eigenvalue weighted by molar-refractivity contribution is 0.396. The van der Waals surface area contributed by atoms with Gasteiger partial charge in [-0.05, 0) is 40.9 Å². The fourth-order valence-corrected chi connectivity index (χ4v) is 3.09. The highest BCUT2D eigenvalue weighted by Gasteiger charge is 2.25. The molecule has 7 heteroatoms. The number of anilines is 2. The van der Waals surface area contributed by atoms with Crippen molar-refractivity contribution in [3.63, 3.8) is 0 Å². The van der Waals surface area contributed by atoms with Crippen LogP contribution >= 0.6 is 15.9 Å². The molecule has 2 aromatic rings. The largest absolute Gasteiger partial charge is 0.481 e. The van der Waals surface area contributed by atoms with Crippen molar-refractivity contribution in [3.8, 4) is 5.88 Å². The molecule has 0 saturated carbocycles. The van der Waals surface area contributed by atoms with E-state index in [0.717, 1.165) is 42.0 Å². The highest BCUT2D eigenvalue weighted by Crippen LogP contribution is 2.24. The molecule has 1 atom stereocenters. The van der Waals surface area contributed by atoms with Crippen molar-refractivity contribution < 1.29 is 4.74 Å². The number of likely N-dealkylation sites (N-methyl/N-ethyl adjacent to an activating group) is 1. The summed E-state index contributed by atoms with van der Waals surface area (Å²) in [4.78, 5) is 17.5. The number of methoxy groups -OCH3 is 1. The lowest BCUT2D eigenvalue weighted by atomic mass is 10.0. The van der Waals surface area contributed by atoms with Crippen LogP contribution in [0.3, 0.4) is 0 Å². The van der Waals surface area contributed by atoms with E-state index in [1.54, 1.807) is 13.4 Å². The Morgan fingerprint density at radius 2 is 2.17 bits per heavy atom. The van der Waals surface area contributed by atoms with Crippen LogP contribution in [0.5, 0.6) is 5.88 Å². The van der Waals surface area contributed by atoms with Crippen LogP contribution in [0.15, 0.2) is 35.2 Å². The number of halogens is 1. The number of piperidine rings is 1. The number of hydrogen-bond donors (Lipinski definition) is 0. The molecule has 1 aliphatic rings. The Bertz CT molecular complexity index is 651. The van der Waals surface area contributed by atoms with E-state index in [0.29, 0.717) is 11.9 Å². The van der Waals surface area contributed by atoms with E-state index in [9.17, 15) is 0 Å². The summed E-state index contributed by atoms with van der Waals surface area (Å²) < 4.78 is 6.19. The minimum Gasteiger partial charge on any atom is -0.481 e. The molecule has 0 bridgehead atoms. The molecule has 23 heavy (non-hydrogen) atoms. The van der Waals surface area contributed by atoms with E-state index < -0.39 is 0 Å². The van der Waals surface area contributed by atoms with Gasteiger partial charge >= 0.3 is 0 Å². The van der Waals surface area contributed by atoms with Crippen molar-refractivity contribution in [2.24, 2.45) is 0 Å². The highest BCUT2D eigenvalue weighted by atomic mass is 79.9. The van der Waals surface area contributed by atoms with Gasteiger partial charge in [0.05, 0.1) is 7.11 Å². The van der Waals surface area contributed by atoms with Crippen molar-refractivity contribution in [2.75, 3.05) is 37.0 Å². The summed E-state index contributed by atoms with van der Waals surface area (Å²) in [6.45, 7) is 1.96. The Morgan fingerprint density at radius 3 is 2.91 bits per heavy atom. The second kappa shape index (κ2) is 7.12. The average molecular weight is 378 g/mol. The van der Waals surface area contributed by atoms with E-state index in [1.807, 2.05) is 18.3 Å².